The number of hydrogen-bond acceptors (Lipinski definition) is 1. The lowest BCUT2D eigenvalue weighted by Gasteiger charge is -2.38. The van der Waals surface area contributed by atoms with Crippen molar-refractivity contribution in [3.63, 3.8) is 0 Å². The molecular formula is C24H34OSi. The van der Waals surface area contributed by atoms with Crippen LogP contribution in [0.5, 0.6) is 11.5 Å². The number of hydrogen-bond donors (Lipinski definition) is 0. The van der Waals surface area contributed by atoms with Gasteiger partial charge in [0, 0.05) is 26.8 Å². The summed E-state index contributed by atoms with van der Waals surface area (Å²) in [6.45, 7) is 20.6. The quantitative estimate of drug-likeness (QED) is 0.595. The average Bonchev–Trinajstić information content (AvgIpc) is 2.47. The molecule has 2 aromatic carbocycles. The van der Waals surface area contributed by atoms with Crippen LogP contribution < -0.4 is 9.92 Å². The zero-order valence-corrected chi connectivity index (χ0v) is 20.2. The van der Waals surface area contributed by atoms with Crippen molar-refractivity contribution in [1.82, 2.24) is 0 Å². The Kier molecular flexibility index (Phi) is 4.23. The summed E-state index contributed by atoms with van der Waals surface area (Å²) in [5, 5.41) is 1.37. The van der Waals surface area contributed by atoms with Crippen molar-refractivity contribution in [2.75, 3.05) is 0 Å². The number of rotatable bonds is 0. The average molecular weight is 367 g/mol. The predicted molar refractivity (Wildman–Crippen MR) is 117 cm³/mol. The second kappa shape index (κ2) is 5.72. The Morgan fingerprint density at radius 1 is 0.769 bits per heavy atom. The first kappa shape index (κ1) is 19.2. The van der Waals surface area contributed by atoms with Crippen LogP contribution in [0.3, 0.4) is 0 Å². The highest BCUT2D eigenvalue weighted by molar-refractivity contribution is 6.34. The molecule has 140 valence electrons. The molecule has 0 aromatic heterocycles. The maximum Gasteiger partial charge on any atom is 0.134 e. The predicted octanol–water partition coefficient (Wildman–Crippen LogP) is 5.01. The van der Waals surface area contributed by atoms with E-state index in [2.05, 4.69) is 86.6 Å². The minimum atomic E-state index is -0.0602. The maximum atomic E-state index is 6.54. The molecular weight excluding hydrogens is 332 g/mol. The maximum absolute atomic E-state index is 6.54. The van der Waals surface area contributed by atoms with Crippen LogP contribution in [0.4, 0.5) is 0 Å². The lowest BCUT2D eigenvalue weighted by molar-refractivity contribution is 0.415. The zero-order chi connectivity index (χ0) is 19.7. The molecule has 0 amide bonds. The molecule has 1 nitrogen and oxygen atoms in total. The highest BCUT2D eigenvalue weighted by Crippen LogP contribution is 2.50. The van der Waals surface area contributed by atoms with Crippen LogP contribution in [0.15, 0.2) is 24.3 Å². The minimum absolute atomic E-state index is 0.0602. The molecule has 0 bridgehead atoms. The first-order valence-electron chi connectivity index (χ1n) is 9.72. The Balaban J connectivity index is 2.29. The van der Waals surface area contributed by atoms with Gasteiger partial charge in [0.05, 0.1) is 0 Å². The Morgan fingerprint density at radius 3 is 1.73 bits per heavy atom. The molecule has 0 fully saturated rings. The summed E-state index contributed by atoms with van der Waals surface area (Å²) in [7, 11) is 0.989. The zero-order valence-electron chi connectivity index (χ0n) is 18.2. The summed E-state index contributed by atoms with van der Waals surface area (Å²) in [5.41, 5.74) is 6.91. The topological polar surface area (TPSA) is 9.23 Å². The van der Waals surface area contributed by atoms with Gasteiger partial charge in [-0.3, -0.25) is 0 Å². The fourth-order valence-electron chi connectivity index (χ4n) is 3.86. The number of fused-ring (bicyclic) bond motifs is 2. The lowest BCUT2D eigenvalue weighted by atomic mass is 9.71. The highest BCUT2D eigenvalue weighted by Gasteiger charge is 2.37. The van der Waals surface area contributed by atoms with Gasteiger partial charge >= 0.3 is 0 Å². The third-order valence-corrected chi connectivity index (χ3v) is 6.57. The van der Waals surface area contributed by atoms with Gasteiger partial charge in [-0.25, -0.2) is 0 Å². The van der Waals surface area contributed by atoms with Crippen molar-refractivity contribution in [2.24, 2.45) is 0 Å². The second-order valence-corrected chi connectivity index (χ2v) is 11.6. The van der Waals surface area contributed by atoms with Crippen LogP contribution in [-0.2, 0) is 16.2 Å². The molecule has 2 aromatic rings. The van der Waals surface area contributed by atoms with Gasteiger partial charge in [0.15, 0.2) is 0 Å². The van der Waals surface area contributed by atoms with Crippen LogP contribution in [-0.4, -0.2) is 10.2 Å². The van der Waals surface area contributed by atoms with Gasteiger partial charge in [-0.05, 0) is 39.6 Å². The Hall–Kier alpha value is -1.54. The largest absolute Gasteiger partial charge is 0.457 e. The second-order valence-electron chi connectivity index (χ2n) is 10.6. The first-order chi connectivity index (χ1) is 11.7. The smallest absolute Gasteiger partial charge is 0.134 e. The van der Waals surface area contributed by atoms with E-state index >= 15 is 0 Å². The van der Waals surface area contributed by atoms with Crippen LogP contribution in [0.2, 0.25) is 0 Å². The van der Waals surface area contributed by atoms with E-state index < -0.39 is 0 Å². The standard InChI is InChI=1S/C24H34OSi/c1-14-10-15(22(2,3)4)11-17-20(14)25-21-18(24(17,8)9)12-16(13-19(21)26)23(5,6)7/h10-13H,1-9,26H3. The molecule has 1 heterocycles. The molecule has 1 aliphatic heterocycles. The van der Waals surface area contributed by atoms with Crippen molar-refractivity contribution < 1.29 is 4.74 Å². The minimum Gasteiger partial charge on any atom is -0.457 e. The van der Waals surface area contributed by atoms with Crippen molar-refractivity contribution in [3.05, 3.63) is 52.1 Å². The summed E-state index contributed by atoms with van der Waals surface area (Å²) in [6, 6.07) is 9.42. The molecule has 0 atom stereocenters. The number of ether oxygens (including phenoxy) is 1. The third kappa shape index (κ3) is 3.03. The first-order valence-corrected chi connectivity index (χ1v) is 10.7. The van der Waals surface area contributed by atoms with Crippen LogP contribution in [0.1, 0.15) is 83.2 Å². The summed E-state index contributed by atoms with van der Waals surface area (Å²) < 4.78 is 6.54. The third-order valence-electron chi connectivity index (χ3n) is 5.83. The van der Waals surface area contributed by atoms with E-state index in [0.29, 0.717) is 0 Å². The van der Waals surface area contributed by atoms with Gasteiger partial charge in [-0.2, -0.15) is 0 Å². The van der Waals surface area contributed by atoms with E-state index in [1.165, 1.54) is 33.0 Å². The van der Waals surface area contributed by atoms with Crippen LogP contribution in [0, 0.1) is 6.92 Å². The molecule has 0 spiro atoms. The summed E-state index contributed by atoms with van der Waals surface area (Å²) in [5.74, 6) is 2.17. The van der Waals surface area contributed by atoms with Crippen molar-refractivity contribution in [2.45, 2.75) is 78.6 Å². The van der Waals surface area contributed by atoms with E-state index in [1.54, 1.807) is 0 Å². The number of benzene rings is 2. The van der Waals surface area contributed by atoms with Crippen molar-refractivity contribution in [3.8, 4) is 11.5 Å². The fraction of sp³-hybridized carbons (Fsp3) is 0.500. The Morgan fingerprint density at radius 2 is 1.23 bits per heavy atom. The molecule has 0 radical (unpaired) electrons. The Bertz CT molecular complexity index is 805. The molecule has 26 heavy (non-hydrogen) atoms. The molecule has 0 unspecified atom stereocenters. The molecule has 3 rings (SSSR count). The van der Waals surface area contributed by atoms with Gasteiger partial charge in [0.25, 0.3) is 0 Å². The van der Waals surface area contributed by atoms with Gasteiger partial charge in [0.1, 0.15) is 11.5 Å². The molecule has 1 aliphatic rings. The SMILES string of the molecule is Cc1cc(C(C)(C)C)cc2c1Oc1c([SiH3])cc(C(C)(C)C)cc1C2(C)C. The summed E-state index contributed by atoms with van der Waals surface area (Å²) in [6.07, 6.45) is 0. The van der Waals surface area contributed by atoms with Gasteiger partial charge in [-0.15, -0.1) is 0 Å². The monoisotopic (exact) mass is 366 g/mol. The Labute approximate surface area is 162 Å². The molecule has 0 N–H and O–H groups in total. The van der Waals surface area contributed by atoms with E-state index in [9.17, 15) is 0 Å². The molecule has 0 saturated heterocycles. The van der Waals surface area contributed by atoms with Crippen LogP contribution >= 0.6 is 0 Å². The molecule has 0 saturated carbocycles. The van der Waals surface area contributed by atoms with E-state index in [4.69, 9.17) is 4.74 Å². The van der Waals surface area contributed by atoms with Crippen molar-refractivity contribution >= 4 is 15.4 Å². The normalized spacial score (nSPS) is 16.0. The van der Waals surface area contributed by atoms with Gasteiger partial charge < -0.3 is 4.74 Å². The van der Waals surface area contributed by atoms with Gasteiger partial charge in [-0.1, -0.05) is 79.7 Å². The highest BCUT2D eigenvalue weighted by atomic mass is 28.1. The van der Waals surface area contributed by atoms with Crippen molar-refractivity contribution in [1.29, 1.82) is 0 Å². The molecule has 0 aliphatic carbocycles. The lowest BCUT2D eigenvalue weighted by Crippen LogP contribution is -2.30. The van der Waals surface area contributed by atoms with Crippen LogP contribution in [0.25, 0.3) is 0 Å². The summed E-state index contributed by atoms with van der Waals surface area (Å²) >= 11 is 0. The van der Waals surface area contributed by atoms with E-state index in [-0.39, 0.29) is 16.2 Å². The summed E-state index contributed by atoms with van der Waals surface area (Å²) in [4.78, 5) is 0. The fourth-order valence-corrected chi connectivity index (χ4v) is 4.54. The van der Waals surface area contributed by atoms with E-state index in [1.807, 2.05) is 0 Å². The van der Waals surface area contributed by atoms with Gasteiger partial charge in [0.2, 0.25) is 0 Å². The van der Waals surface area contributed by atoms with E-state index in [0.717, 1.165) is 21.7 Å². The number of aryl methyl sites for hydroxylation is 1. The molecule has 2 heteroatoms.